The lowest BCUT2D eigenvalue weighted by Gasteiger charge is -2.36. The van der Waals surface area contributed by atoms with Gasteiger partial charge in [-0.1, -0.05) is 22.8 Å². The number of piperazine rings is 1. The maximum Gasteiger partial charge on any atom is 0.242 e. The minimum Gasteiger partial charge on any atom is -0.368 e. The molecule has 3 rings (SSSR count). The summed E-state index contributed by atoms with van der Waals surface area (Å²) in [5.41, 5.74) is 1.06. The molecule has 8 nitrogen and oxygen atoms in total. The largest absolute Gasteiger partial charge is 0.368 e. The van der Waals surface area contributed by atoms with Crippen LogP contribution in [-0.2, 0) is 16.0 Å². The fraction of sp³-hybridized carbons (Fsp3) is 0.474. The molecule has 9 heteroatoms. The van der Waals surface area contributed by atoms with E-state index in [1.165, 1.54) is 0 Å². The summed E-state index contributed by atoms with van der Waals surface area (Å²) in [5.74, 6) is 0.897. The number of hydrogen-bond donors (Lipinski definition) is 1. The smallest absolute Gasteiger partial charge is 0.242 e. The third kappa shape index (κ3) is 5.69. The number of anilines is 1. The topological polar surface area (TPSA) is 91.6 Å². The molecule has 1 aliphatic heterocycles. The first-order valence-electron chi connectivity index (χ1n) is 9.35. The molecule has 28 heavy (non-hydrogen) atoms. The summed E-state index contributed by atoms with van der Waals surface area (Å²) in [5, 5.41) is 7.10. The van der Waals surface area contributed by atoms with Crippen molar-refractivity contribution in [2.24, 2.45) is 0 Å². The summed E-state index contributed by atoms with van der Waals surface area (Å²) in [6, 6.07) is 7.70. The highest BCUT2D eigenvalue weighted by Gasteiger charge is 2.21. The lowest BCUT2D eigenvalue weighted by atomic mass is 10.2. The molecule has 0 unspecified atom stereocenters. The third-order valence-corrected chi connectivity index (χ3v) is 4.84. The lowest BCUT2D eigenvalue weighted by molar-refractivity contribution is -0.133. The van der Waals surface area contributed by atoms with Gasteiger partial charge in [0.1, 0.15) is 0 Å². The van der Waals surface area contributed by atoms with Gasteiger partial charge in [0, 0.05) is 49.7 Å². The molecule has 0 spiro atoms. The Labute approximate surface area is 168 Å². The average molecular weight is 406 g/mol. The number of aryl methyl sites for hydroxylation is 2. The van der Waals surface area contributed by atoms with Crippen molar-refractivity contribution in [3.63, 3.8) is 0 Å². The zero-order valence-corrected chi connectivity index (χ0v) is 16.6. The van der Waals surface area contributed by atoms with E-state index in [9.17, 15) is 9.59 Å². The van der Waals surface area contributed by atoms with Gasteiger partial charge in [0.15, 0.2) is 5.82 Å². The van der Waals surface area contributed by atoms with Crippen LogP contribution in [0.15, 0.2) is 28.8 Å². The zero-order chi connectivity index (χ0) is 19.9. The summed E-state index contributed by atoms with van der Waals surface area (Å²) < 4.78 is 5.01. The van der Waals surface area contributed by atoms with Crippen molar-refractivity contribution in [1.29, 1.82) is 0 Å². The van der Waals surface area contributed by atoms with Gasteiger partial charge in [-0.2, -0.15) is 4.98 Å². The highest BCUT2D eigenvalue weighted by Crippen LogP contribution is 2.20. The molecule has 1 fully saturated rings. The van der Waals surface area contributed by atoms with E-state index in [2.05, 4.69) is 20.4 Å². The number of nitrogens with one attached hydrogen (secondary N) is 1. The molecular weight excluding hydrogens is 382 g/mol. The number of aromatic nitrogens is 2. The Kier molecular flexibility index (Phi) is 6.86. The van der Waals surface area contributed by atoms with E-state index >= 15 is 0 Å². The Morgan fingerprint density at radius 2 is 2.04 bits per heavy atom. The van der Waals surface area contributed by atoms with Gasteiger partial charge >= 0.3 is 0 Å². The van der Waals surface area contributed by atoms with E-state index < -0.39 is 0 Å². The molecule has 2 amide bonds. The lowest BCUT2D eigenvalue weighted by Crippen LogP contribution is -2.51. The van der Waals surface area contributed by atoms with E-state index in [0.717, 1.165) is 18.8 Å². The zero-order valence-electron chi connectivity index (χ0n) is 15.9. The van der Waals surface area contributed by atoms with Crippen molar-refractivity contribution in [2.45, 2.75) is 26.2 Å². The molecule has 0 radical (unpaired) electrons. The molecule has 150 valence electrons. The molecule has 1 saturated heterocycles. The van der Waals surface area contributed by atoms with Gasteiger partial charge in [-0.05, 0) is 31.5 Å². The molecular formula is C19H24ClN5O3. The van der Waals surface area contributed by atoms with Gasteiger partial charge < -0.3 is 19.6 Å². The van der Waals surface area contributed by atoms with Crippen molar-refractivity contribution in [3.05, 3.63) is 41.0 Å². The van der Waals surface area contributed by atoms with Crippen LogP contribution >= 0.6 is 11.6 Å². The summed E-state index contributed by atoms with van der Waals surface area (Å²) in [6.45, 7) is 4.50. The second-order valence-electron chi connectivity index (χ2n) is 6.71. The second kappa shape index (κ2) is 9.54. The molecule has 2 aromatic rings. The Hall–Kier alpha value is -2.61. The summed E-state index contributed by atoms with van der Waals surface area (Å²) in [6.07, 6.45) is 1.46. The van der Waals surface area contributed by atoms with Crippen LogP contribution in [0.1, 0.15) is 24.6 Å². The monoisotopic (exact) mass is 405 g/mol. The molecule has 1 aromatic heterocycles. The number of hydrogen-bond acceptors (Lipinski definition) is 6. The number of carbonyl (C=O) groups excluding carboxylic acids is 2. The van der Waals surface area contributed by atoms with Gasteiger partial charge in [-0.3, -0.25) is 9.59 Å². The number of benzene rings is 1. The fourth-order valence-electron chi connectivity index (χ4n) is 3.10. The minimum atomic E-state index is -0.151. The first kappa shape index (κ1) is 20.1. The number of carbonyl (C=O) groups is 2. The molecule has 0 bridgehead atoms. The fourth-order valence-corrected chi connectivity index (χ4v) is 3.29. The number of nitrogens with zero attached hydrogens (tertiary/aromatic N) is 4. The molecule has 0 aliphatic carbocycles. The van der Waals surface area contributed by atoms with Crippen LogP contribution in [0, 0.1) is 6.92 Å². The highest BCUT2D eigenvalue weighted by molar-refractivity contribution is 6.30. The maximum atomic E-state index is 12.3. The predicted molar refractivity (Wildman–Crippen MR) is 105 cm³/mol. The van der Waals surface area contributed by atoms with Crippen LogP contribution < -0.4 is 10.2 Å². The number of halogens is 1. The normalized spacial score (nSPS) is 14.2. The van der Waals surface area contributed by atoms with Gasteiger partial charge in [0.2, 0.25) is 17.7 Å². The van der Waals surface area contributed by atoms with Crippen LogP contribution in [0.3, 0.4) is 0 Å². The quantitative estimate of drug-likeness (QED) is 0.755. The average Bonchev–Trinajstić information content (AvgIpc) is 3.11. The first-order valence-corrected chi connectivity index (χ1v) is 9.73. The summed E-state index contributed by atoms with van der Waals surface area (Å²) in [7, 11) is 0. The van der Waals surface area contributed by atoms with Crippen molar-refractivity contribution in [2.75, 3.05) is 37.6 Å². The highest BCUT2D eigenvalue weighted by atomic mass is 35.5. The molecule has 1 N–H and O–H groups in total. The molecule has 0 atom stereocenters. The Morgan fingerprint density at radius 3 is 2.71 bits per heavy atom. The van der Waals surface area contributed by atoms with Gasteiger partial charge in [-0.25, -0.2) is 0 Å². The summed E-state index contributed by atoms with van der Waals surface area (Å²) >= 11 is 6.04. The van der Waals surface area contributed by atoms with E-state index in [0.29, 0.717) is 49.1 Å². The standard InChI is InChI=1S/C19H24ClN5O3/c1-14-22-18(28-23-14)7-3-6-17(26)21-13-19(27)25-10-8-24(9-11-25)16-5-2-4-15(20)12-16/h2,4-5,12H,3,6-11,13H2,1H3,(H,21,26). The molecule has 2 heterocycles. The van der Waals surface area contributed by atoms with Crippen molar-refractivity contribution in [3.8, 4) is 0 Å². The predicted octanol–water partition coefficient (Wildman–Crippen LogP) is 1.82. The van der Waals surface area contributed by atoms with E-state index in [-0.39, 0.29) is 18.4 Å². The first-order chi connectivity index (χ1) is 13.5. The van der Waals surface area contributed by atoms with Crippen LogP contribution in [0.25, 0.3) is 0 Å². The molecule has 1 aromatic carbocycles. The van der Waals surface area contributed by atoms with Crippen LogP contribution in [0.2, 0.25) is 5.02 Å². The van der Waals surface area contributed by atoms with Crippen LogP contribution in [0.5, 0.6) is 0 Å². The van der Waals surface area contributed by atoms with Crippen molar-refractivity contribution < 1.29 is 14.1 Å². The third-order valence-electron chi connectivity index (χ3n) is 4.61. The minimum absolute atomic E-state index is 0.0235. The number of rotatable bonds is 7. The Bertz CT molecular complexity index is 817. The number of amides is 2. The molecule has 0 saturated carbocycles. The van der Waals surface area contributed by atoms with E-state index in [1.54, 1.807) is 11.8 Å². The van der Waals surface area contributed by atoms with Gasteiger partial charge in [0.25, 0.3) is 0 Å². The van der Waals surface area contributed by atoms with E-state index in [1.807, 2.05) is 24.3 Å². The maximum absolute atomic E-state index is 12.3. The van der Waals surface area contributed by atoms with Crippen molar-refractivity contribution >= 4 is 29.1 Å². The molecule has 1 aliphatic rings. The van der Waals surface area contributed by atoms with Crippen molar-refractivity contribution in [1.82, 2.24) is 20.4 Å². The van der Waals surface area contributed by atoms with E-state index in [4.69, 9.17) is 16.1 Å². The SMILES string of the molecule is Cc1noc(CCCC(=O)NCC(=O)N2CCN(c3cccc(Cl)c3)CC2)n1. The van der Waals surface area contributed by atoms with Gasteiger partial charge in [-0.15, -0.1) is 0 Å². The van der Waals surface area contributed by atoms with Crippen LogP contribution in [-0.4, -0.2) is 59.6 Å². The Morgan fingerprint density at radius 1 is 1.25 bits per heavy atom. The van der Waals surface area contributed by atoms with Gasteiger partial charge in [0.05, 0.1) is 6.54 Å². The summed E-state index contributed by atoms with van der Waals surface area (Å²) in [4.78, 5) is 32.3. The second-order valence-corrected chi connectivity index (χ2v) is 7.15. The van der Waals surface area contributed by atoms with Crippen LogP contribution in [0.4, 0.5) is 5.69 Å². The Balaban J connectivity index is 1.34.